The second kappa shape index (κ2) is 10.3. The van der Waals surface area contributed by atoms with Gasteiger partial charge in [-0.1, -0.05) is 19.9 Å². The summed E-state index contributed by atoms with van der Waals surface area (Å²) in [5.74, 6) is 2.70. The highest BCUT2D eigenvalue weighted by atomic mass is 32.2. The van der Waals surface area contributed by atoms with Crippen LogP contribution in [0.4, 0.5) is 23.3 Å². The normalized spacial score (nSPS) is 24.1. The predicted molar refractivity (Wildman–Crippen MR) is 153 cm³/mol. The minimum absolute atomic E-state index is 0.136. The second-order valence-electron chi connectivity index (χ2n) is 11.3. The van der Waals surface area contributed by atoms with Gasteiger partial charge in [-0.05, 0) is 61.8 Å². The van der Waals surface area contributed by atoms with Crippen LogP contribution in [0.25, 0.3) is 10.8 Å². The van der Waals surface area contributed by atoms with E-state index in [1.165, 1.54) is 11.8 Å². The lowest BCUT2D eigenvalue weighted by atomic mass is 9.88. The van der Waals surface area contributed by atoms with Crippen LogP contribution in [0.15, 0.2) is 36.7 Å². The van der Waals surface area contributed by atoms with E-state index in [0.717, 1.165) is 29.5 Å². The zero-order chi connectivity index (χ0) is 27.2. The van der Waals surface area contributed by atoms with Crippen molar-refractivity contribution in [2.45, 2.75) is 64.6 Å². The molecule has 0 saturated carbocycles. The molecule has 2 aliphatic rings. The van der Waals surface area contributed by atoms with Gasteiger partial charge in [-0.15, -0.1) is 0 Å². The van der Waals surface area contributed by atoms with Crippen molar-refractivity contribution < 1.29 is 13.5 Å². The molecule has 4 heterocycles. The number of aliphatic hydroxyl groups is 1. The maximum Gasteiger partial charge on any atom is 0.227 e. The van der Waals surface area contributed by atoms with Gasteiger partial charge in [0.05, 0.1) is 11.9 Å². The highest BCUT2D eigenvalue weighted by Gasteiger charge is 2.38. The Kier molecular flexibility index (Phi) is 7.21. The number of pyridine rings is 1. The highest BCUT2D eigenvalue weighted by molar-refractivity contribution is 7.90. The molecule has 10 heteroatoms. The van der Waals surface area contributed by atoms with E-state index in [1.807, 2.05) is 12.3 Å². The SMILES string of the molecule is CC(C)c1ccc(N2C[C@H](CS(C)(=O)=O)[C@H]2C)c2cnc(Nc3ccnc(N4CC[C@@H](O)C[C@@H]4C)n3)cc12. The van der Waals surface area contributed by atoms with Crippen molar-refractivity contribution in [3.8, 4) is 0 Å². The van der Waals surface area contributed by atoms with Crippen molar-refractivity contribution >= 4 is 43.9 Å². The molecular weight excluding hydrogens is 500 g/mol. The minimum Gasteiger partial charge on any atom is -0.393 e. The summed E-state index contributed by atoms with van der Waals surface area (Å²) in [6.07, 6.45) is 6.12. The van der Waals surface area contributed by atoms with Crippen molar-refractivity contribution in [2.24, 2.45) is 5.92 Å². The summed E-state index contributed by atoms with van der Waals surface area (Å²) >= 11 is 0. The van der Waals surface area contributed by atoms with Crippen LogP contribution in [0.2, 0.25) is 0 Å². The summed E-state index contributed by atoms with van der Waals surface area (Å²) in [6.45, 7) is 10.00. The Hall–Kier alpha value is -2.98. The first-order valence-electron chi connectivity index (χ1n) is 13.4. The molecular formula is C28H38N6O3S. The third-order valence-corrected chi connectivity index (χ3v) is 9.00. The number of hydrogen-bond donors (Lipinski definition) is 2. The van der Waals surface area contributed by atoms with Gasteiger partial charge in [-0.25, -0.2) is 18.4 Å². The lowest BCUT2D eigenvalue weighted by molar-refractivity contribution is 0.131. The Morgan fingerprint density at radius 2 is 1.89 bits per heavy atom. The van der Waals surface area contributed by atoms with Crippen molar-refractivity contribution in [1.82, 2.24) is 15.0 Å². The molecule has 2 saturated heterocycles. The minimum atomic E-state index is -3.01. The number of benzene rings is 1. The standard InChI is InChI=1S/C28H38N6O3S/c1-17(2)22-6-7-25(34-15-20(19(34)4)16-38(5,36)37)24-14-30-27(13-23(22)24)31-26-8-10-29-28(32-26)33-11-9-21(35)12-18(33)3/h6-8,10,13-14,17-21,35H,9,11-12,15-16H2,1-5H3,(H,29,30,31,32)/t18-,19+,20+,21+/m0/s1. The van der Waals surface area contributed by atoms with Crippen LogP contribution < -0.4 is 15.1 Å². The summed E-state index contributed by atoms with van der Waals surface area (Å²) in [7, 11) is -3.01. The largest absolute Gasteiger partial charge is 0.393 e. The molecule has 2 N–H and O–H groups in total. The number of aliphatic hydroxyl groups excluding tert-OH is 1. The lowest BCUT2D eigenvalue weighted by Gasteiger charge is -2.48. The predicted octanol–water partition coefficient (Wildman–Crippen LogP) is 4.11. The topological polar surface area (TPSA) is 112 Å². The molecule has 3 aromatic rings. The van der Waals surface area contributed by atoms with E-state index < -0.39 is 9.84 Å². The molecule has 5 rings (SSSR count). The maximum absolute atomic E-state index is 11.8. The zero-order valence-electron chi connectivity index (χ0n) is 22.8. The van der Waals surface area contributed by atoms with Crippen molar-refractivity contribution in [2.75, 3.05) is 40.2 Å². The lowest BCUT2D eigenvalue weighted by Crippen LogP contribution is -2.57. The smallest absolute Gasteiger partial charge is 0.227 e. The first-order valence-corrected chi connectivity index (χ1v) is 15.5. The molecule has 4 atom stereocenters. The average Bonchev–Trinajstić information content (AvgIpc) is 2.85. The third kappa shape index (κ3) is 5.42. The molecule has 204 valence electrons. The van der Waals surface area contributed by atoms with Gasteiger partial charge in [-0.2, -0.15) is 4.98 Å². The monoisotopic (exact) mass is 538 g/mol. The summed E-state index contributed by atoms with van der Waals surface area (Å²) in [6, 6.07) is 8.55. The average molecular weight is 539 g/mol. The Labute approximate surface area is 225 Å². The summed E-state index contributed by atoms with van der Waals surface area (Å²) in [5, 5.41) is 15.5. The van der Waals surface area contributed by atoms with Crippen molar-refractivity contribution in [3.05, 3.63) is 42.2 Å². The molecule has 0 spiro atoms. The highest BCUT2D eigenvalue weighted by Crippen LogP contribution is 2.39. The second-order valence-corrected chi connectivity index (χ2v) is 13.5. The molecule has 0 radical (unpaired) electrons. The number of aromatic nitrogens is 3. The molecule has 2 aromatic heterocycles. The van der Waals surface area contributed by atoms with Gasteiger partial charge in [0, 0.05) is 60.8 Å². The van der Waals surface area contributed by atoms with Crippen molar-refractivity contribution in [3.63, 3.8) is 0 Å². The van der Waals surface area contributed by atoms with Crippen molar-refractivity contribution in [1.29, 1.82) is 0 Å². The number of piperidine rings is 1. The number of fused-ring (bicyclic) bond motifs is 1. The van der Waals surface area contributed by atoms with Crippen LogP contribution in [0.5, 0.6) is 0 Å². The van der Waals surface area contributed by atoms with Crippen LogP contribution in [-0.4, -0.2) is 71.8 Å². The molecule has 2 aliphatic heterocycles. The van der Waals surface area contributed by atoms with E-state index in [9.17, 15) is 13.5 Å². The molecule has 0 bridgehead atoms. The quantitative estimate of drug-likeness (QED) is 0.459. The van der Waals surface area contributed by atoms with E-state index in [0.29, 0.717) is 36.3 Å². The Bertz CT molecular complexity index is 1430. The van der Waals surface area contributed by atoms with E-state index >= 15 is 0 Å². The molecule has 0 amide bonds. The number of anilines is 4. The van der Waals surface area contributed by atoms with Gasteiger partial charge in [0.25, 0.3) is 0 Å². The summed E-state index contributed by atoms with van der Waals surface area (Å²) in [5.41, 5.74) is 2.32. The first kappa shape index (κ1) is 26.6. The van der Waals surface area contributed by atoms with E-state index in [2.05, 4.69) is 66.0 Å². The van der Waals surface area contributed by atoms with Gasteiger partial charge < -0.3 is 20.2 Å². The van der Waals surface area contributed by atoms with Gasteiger partial charge >= 0.3 is 0 Å². The zero-order valence-corrected chi connectivity index (χ0v) is 23.6. The van der Waals surface area contributed by atoms with Gasteiger partial charge in [0.1, 0.15) is 21.5 Å². The number of hydrogen-bond acceptors (Lipinski definition) is 9. The first-order chi connectivity index (χ1) is 18.0. The summed E-state index contributed by atoms with van der Waals surface area (Å²) in [4.78, 5) is 18.4. The van der Waals surface area contributed by atoms with E-state index in [1.54, 1.807) is 6.20 Å². The maximum atomic E-state index is 11.8. The number of rotatable bonds is 7. The van der Waals surface area contributed by atoms with Gasteiger partial charge in [0.2, 0.25) is 5.95 Å². The molecule has 2 fully saturated rings. The van der Waals surface area contributed by atoms with Crippen LogP contribution >= 0.6 is 0 Å². The molecule has 0 unspecified atom stereocenters. The third-order valence-electron chi connectivity index (χ3n) is 7.97. The fourth-order valence-corrected chi connectivity index (χ4v) is 6.95. The van der Waals surface area contributed by atoms with Crippen LogP contribution in [0.1, 0.15) is 52.0 Å². The fourth-order valence-electron chi connectivity index (χ4n) is 5.79. The number of nitrogens with zero attached hydrogens (tertiary/aromatic N) is 5. The van der Waals surface area contributed by atoms with Gasteiger partial charge in [0.15, 0.2) is 0 Å². The molecule has 9 nitrogen and oxygen atoms in total. The Balaban J connectivity index is 1.42. The van der Waals surface area contributed by atoms with Gasteiger partial charge in [-0.3, -0.25) is 0 Å². The van der Waals surface area contributed by atoms with Crippen LogP contribution in [0.3, 0.4) is 0 Å². The number of nitrogens with one attached hydrogen (secondary N) is 1. The van der Waals surface area contributed by atoms with Crippen LogP contribution in [0, 0.1) is 5.92 Å². The molecule has 1 aromatic carbocycles. The fraction of sp³-hybridized carbons (Fsp3) is 0.536. The van der Waals surface area contributed by atoms with E-state index in [4.69, 9.17) is 9.97 Å². The Morgan fingerprint density at radius 3 is 2.58 bits per heavy atom. The Morgan fingerprint density at radius 1 is 1.11 bits per heavy atom. The number of sulfone groups is 1. The molecule has 38 heavy (non-hydrogen) atoms. The van der Waals surface area contributed by atoms with Crippen LogP contribution in [-0.2, 0) is 9.84 Å². The molecule has 0 aliphatic carbocycles. The summed E-state index contributed by atoms with van der Waals surface area (Å²) < 4.78 is 23.7. The van der Waals surface area contributed by atoms with E-state index in [-0.39, 0.29) is 29.9 Å².